The van der Waals surface area contributed by atoms with Gasteiger partial charge in [0, 0.05) is 0 Å². The highest BCUT2D eigenvalue weighted by atomic mass is 16.3. The molecule has 1 aliphatic carbocycles. The van der Waals surface area contributed by atoms with Crippen molar-refractivity contribution in [2.75, 3.05) is 0 Å². The van der Waals surface area contributed by atoms with Gasteiger partial charge in [-0.25, -0.2) is 0 Å². The maximum atomic E-state index is 12.2. The van der Waals surface area contributed by atoms with Gasteiger partial charge in [-0.05, 0) is 58.4 Å². The van der Waals surface area contributed by atoms with E-state index in [0.717, 1.165) is 33.4 Å². The van der Waals surface area contributed by atoms with Crippen LogP contribution >= 0.6 is 0 Å². The van der Waals surface area contributed by atoms with E-state index >= 15 is 0 Å². The summed E-state index contributed by atoms with van der Waals surface area (Å²) in [6, 6.07) is 48.6. The number of aliphatic hydroxyl groups excluding tert-OH is 1. The number of aryl methyl sites for hydroxylation is 2. The average Bonchev–Trinajstić information content (AvgIpc) is 3.73. The van der Waals surface area contributed by atoms with Crippen LogP contribution in [0.25, 0.3) is 5.57 Å². The molecule has 0 aromatic heterocycles. The molecule has 1 nitrogen and oxygen atoms in total. The Kier molecular flexibility index (Phi) is 6.60. The molecule has 0 radical (unpaired) electrons. The maximum absolute atomic E-state index is 12.2. The summed E-state index contributed by atoms with van der Waals surface area (Å²) in [7, 11) is 0. The van der Waals surface area contributed by atoms with Crippen LogP contribution in [0, 0.1) is 13.8 Å². The second-order valence-corrected chi connectivity index (χ2v) is 10.4. The molecule has 1 unspecified atom stereocenters. The zero-order valence-corrected chi connectivity index (χ0v) is 22.4. The minimum Gasteiger partial charge on any atom is -0.384 e. The molecule has 5 aromatic rings. The summed E-state index contributed by atoms with van der Waals surface area (Å²) >= 11 is 0. The van der Waals surface area contributed by atoms with Crippen LogP contribution in [0.15, 0.2) is 157 Å². The lowest BCUT2D eigenvalue weighted by Crippen LogP contribution is -2.18. The Morgan fingerprint density at radius 3 is 1.38 bits per heavy atom. The van der Waals surface area contributed by atoms with E-state index in [1.807, 2.05) is 42.5 Å². The first-order chi connectivity index (χ1) is 19.1. The lowest BCUT2D eigenvalue weighted by Gasteiger charge is -2.27. The van der Waals surface area contributed by atoms with Crippen molar-refractivity contribution in [3.8, 4) is 0 Å². The van der Waals surface area contributed by atoms with Crippen LogP contribution in [0.4, 0.5) is 0 Å². The van der Waals surface area contributed by atoms with Gasteiger partial charge in [-0.2, -0.15) is 0 Å². The Hall–Kier alpha value is -4.46. The van der Waals surface area contributed by atoms with E-state index in [-0.39, 0.29) is 0 Å². The maximum Gasteiger partial charge on any atom is 0.105 e. The van der Waals surface area contributed by atoms with Gasteiger partial charge in [-0.3, -0.25) is 0 Å². The van der Waals surface area contributed by atoms with Gasteiger partial charge in [-0.15, -0.1) is 0 Å². The minimum absolute atomic E-state index is 0.415. The fourth-order valence-corrected chi connectivity index (χ4v) is 5.66. The zero-order valence-electron chi connectivity index (χ0n) is 22.4. The fraction of sp³-hybridized carbons (Fsp3) is 0.105. The normalized spacial score (nSPS) is 14.3. The zero-order chi connectivity index (χ0) is 26.8. The molecule has 6 rings (SSSR count). The van der Waals surface area contributed by atoms with E-state index in [2.05, 4.69) is 117 Å². The summed E-state index contributed by atoms with van der Waals surface area (Å²) in [5.74, 6) is 0. The first-order valence-electron chi connectivity index (χ1n) is 13.5. The molecule has 1 atom stereocenters. The van der Waals surface area contributed by atoms with Crippen molar-refractivity contribution in [2.45, 2.75) is 25.4 Å². The smallest absolute Gasteiger partial charge is 0.105 e. The summed E-state index contributed by atoms with van der Waals surface area (Å²) < 4.78 is 0. The Bertz CT molecular complexity index is 1540. The summed E-state index contributed by atoms with van der Waals surface area (Å²) in [6.07, 6.45) is 1.54. The highest BCUT2D eigenvalue weighted by Crippen LogP contribution is 2.59. The van der Waals surface area contributed by atoms with E-state index in [9.17, 15) is 5.11 Å². The molecule has 0 saturated heterocycles. The third kappa shape index (κ3) is 4.67. The van der Waals surface area contributed by atoms with Crippen LogP contribution in [0.3, 0.4) is 0 Å². The van der Waals surface area contributed by atoms with Crippen LogP contribution in [-0.2, 0) is 5.41 Å². The van der Waals surface area contributed by atoms with Gasteiger partial charge in [-0.1, -0.05) is 157 Å². The molecule has 0 fully saturated rings. The standard InChI is InChI=1S/C38H32O/c1-27-18-22-32(23-19-27)38(33-24-20-28(2)21-25-33)26-34(38)36(37(39)31-16-10-5-11-17-31)35(29-12-6-3-7-13-29)30-14-8-4-9-15-30/h3-26,37,39H,1-2H3. The first-order valence-corrected chi connectivity index (χ1v) is 13.5. The fourth-order valence-electron chi connectivity index (χ4n) is 5.66. The second kappa shape index (κ2) is 10.4. The summed E-state index contributed by atoms with van der Waals surface area (Å²) in [5.41, 5.74) is 10.7. The lowest BCUT2D eigenvalue weighted by molar-refractivity contribution is 0.218. The van der Waals surface area contributed by atoms with Gasteiger partial charge in [0.25, 0.3) is 0 Å². The number of rotatable bonds is 7. The largest absolute Gasteiger partial charge is 0.384 e. The van der Waals surface area contributed by atoms with Crippen molar-refractivity contribution in [3.63, 3.8) is 0 Å². The Morgan fingerprint density at radius 2 is 0.949 bits per heavy atom. The summed E-state index contributed by atoms with van der Waals surface area (Å²) in [6.45, 7) is 4.24. The van der Waals surface area contributed by atoms with Gasteiger partial charge >= 0.3 is 0 Å². The van der Waals surface area contributed by atoms with Gasteiger partial charge in [0.15, 0.2) is 0 Å². The number of aliphatic hydroxyl groups is 1. The molecular weight excluding hydrogens is 472 g/mol. The molecule has 0 amide bonds. The third-order valence-corrected chi connectivity index (χ3v) is 7.79. The van der Waals surface area contributed by atoms with Gasteiger partial charge in [0.1, 0.15) is 6.10 Å². The van der Waals surface area contributed by atoms with E-state index in [0.29, 0.717) is 0 Å². The number of hydrogen-bond donors (Lipinski definition) is 1. The molecule has 1 heteroatoms. The van der Waals surface area contributed by atoms with E-state index in [1.165, 1.54) is 22.3 Å². The first kappa shape index (κ1) is 24.9. The topological polar surface area (TPSA) is 20.2 Å². The molecule has 0 spiro atoms. The van der Waals surface area contributed by atoms with Crippen LogP contribution in [0.5, 0.6) is 0 Å². The third-order valence-electron chi connectivity index (χ3n) is 7.79. The molecule has 1 aliphatic rings. The molecule has 0 bridgehead atoms. The molecule has 0 aliphatic heterocycles. The number of hydrogen-bond acceptors (Lipinski definition) is 1. The Labute approximate surface area is 231 Å². The molecular formula is C38H32O. The van der Waals surface area contributed by atoms with Gasteiger partial charge < -0.3 is 5.11 Å². The van der Waals surface area contributed by atoms with E-state index < -0.39 is 11.5 Å². The van der Waals surface area contributed by atoms with Crippen LogP contribution < -0.4 is 0 Å². The SMILES string of the molecule is Cc1ccc(C2(c3ccc(C)cc3)C=C2C(=C(c2ccccc2)c2ccccc2)C(O)c2ccccc2)cc1. The van der Waals surface area contributed by atoms with Crippen LogP contribution in [0.1, 0.15) is 45.0 Å². The summed E-state index contributed by atoms with van der Waals surface area (Å²) in [4.78, 5) is 0. The van der Waals surface area contributed by atoms with Crippen molar-refractivity contribution >= 4 is 5.57 Å². The molecule has 0 saturated carbocycles. The molecule has 0 heterocycles. The second-order valence-electron chi connectivity index (χ2n) is 10.4. The van der Waals surface area contributed by atoms with Crippen molar-refractivity contribution in [2.24, 2.45) is 0 Å². The Morgan fingerprint density at radius 1 is 0.538 bits per heavy atom. The predicted molar refractivity (Wildman–Crippen MR) is 162 cm³/mol. The minimum atomic E-state index is -0.800. The highest BCUT2D eigenvalue weighted by Gasteiger charge is 2.50. The average molecular weight is 505 g/mol. The van der Waals surface area contributed by atoms with Crippen molar-refractivity contribution in [1.82, 2.24) is 0 Å². The van der Waals surface area contributed by atoms with E-state index in [4.69, 9.17) is 0 Å². The van der Waals surface area contributed by atoms with Crippen LogP contribution in [0.2, 0.25) is 0 Å². The van der Waals surface area contributed by atoms with Crippen LogP contribution in [-0.4, -0.2) is 5.11 Å². The lowest BCUT2D eigenvalue weighted by atomic mass is 9.77. The number of allylic oxidation sites excluding steroid dienone is 1. The van der Waals surface area contributed by atoms with Gasteiger partial charge in [0.05, 0.1) is 5.41 Å². The van der Waals surface area contributed by atoms with Crippen molar-refractivity contribution in [3.05, 3.63) is 196 Å². The Balaban J connectivity index is 1.64. The molecule has 39 heavy (non-hydrogen) atoms. The van der Waals surface area contributed by atoms with Gasteiger partial charge in [0.2, 0.25) is 0 Å². The van der Waals surface area contributed by atoms with E-state index in [1.54, 1.807) is 0 Å². The predicted octanol–water partition coefficient (Wildman–Crippen LogP) is 8.77. The van der Waals surface area contributed by atoms with Crippen molar-refractivity contribution in [1.29, 1.82) is 0 Å². The monoisotopic (exact) mass is 504 g/mol. The molecule has 5 aromatic carbocycles. The molecule has 1 N–H and O–H groups in total. The number of benzene rings is 5. The van der Waals surface area contributed by atoms with Crippen molar-refractivity contribution < 1.29 is 5.11 Å². The molecule has 190 valence electrons. The quantitative estimate of drug-likeness (QED) is 0.235. The highest BCUT2D eigenvalue weighted by molar-refractivity contribution is 5.89. The summed E-state index contributed by atoms with van der Waals surface area (Å²) in [5, 5.41) is 12.2.